The van der Waals surface area contributed by atoms with Crippen molar-refractivity contribution in [3.8, 4) is 5.75 Å². The molecular formula is C16H21FN2O3. The van der Waals surface area contributed by atoms with Gasteiger partial charge in [-0.15, -0.1) is 0 Å². The van der Waals surface area contributed by atoms with Crippen molar-refractivity contribution >= 4 is 11.8 Å². The SMILES string of the molecule is C[C@@H](Oc1ccc(F)cc1)C(=O)NNC(=O)CC1CCCC1. The van der Waals surface area contributed by atoms with Crippen LogP contribution >= 0.6 is 0 Å². The molecule has 0 aliphatic heterocycles. The molecule has 2 amide bonds. The van der Waals surface area contributed by atoms with Crippen molar-refractivity contribution in [1.82, 2.24) is 10.9 Å². The summed E-state index contributed by atoms with van der Waals surface area (Å²) in [4.78, 5) is 23.5. The number of hydrazine groups is 1. The summed E-state index contributed by atoms with van der Waals surface area (Å²) in [5, 5.41) is 0. The third-order valence-corrected chi connectivity index (χ3v) is 3.77. The molecule has 1 aromatic rings. The summed E-state index contributed by atoms with van der Waals surface area (Å²) in [5.41, 5.74) is 4.76. The van der Waals surface area contributed by atoms with E-state index < -0.39 is 12.0 Å². The van der Waals surface area contributed by atoms with Crippen molar-refractivity contribution in [1.29, 1.82) is 0 Å². The van der Waals surface area contributed by atoms with E-state index in [2.05, 4.69) is 10.9 Å². The molecule has 1 aliphatic carbocycles. The highest BCUT2D eigenvalue weighted by Crippen LogP contribution is 2.27. The normalized spacial score (nSPS) is 16.1. The fourth-order valence-corrected chi connectivity index (χ4v) is 2.53. The second-order valence-corrected chi connectivity index (χ2v) is 5.61. The summed E-state index contributed by atoms with van der Waals surface area (Å²) in [7, 11) is 0. The predicted molar refractivity (Wildman–Crippen MR) is 79.4 cm³/mol. The minimum atomic E-state index is -0.794. The number of hydrogen-bond acceptors (Lipinski definition) is 3. The van der Waals surface area contributed by atoms with Crippen LogP contribution < -0.4 is 15.6 Å². The quantitative estimate of drug-likeness (QED) is 0.820. The van der Waals surface area contributed by atoms with E-state index >= 15 is 0 Å². The summed E-state index contributed by atoms with van der Waals surface area (Å²) < 4.78 is 18.1. The molecule has 1 aliphatic rings. The fourth-order valence-electron chi connectivity index (χ4n) is 2.53. The van der Waals surface area contributed by atoms with Gasteiger partial charge in [0.15, 0.2) is 6.10 Å². The van der Waals surface area contributed by atoms with Crippen molar-refractivity contribution in [2.24, 2.45) is 5.92 Å². The molecule has 2 rings (SSSR count). The summed E-state index contributed by atoms with van der Waals surface area (Å²) in [6.45, 7) is 1.56. The van der Waals surface area contributed by atoms with Gasteiger partial charge in [0.2, 0.25) is 5.91 Å². The fraction of sp³-hybridized carbons (Fsp3) is 0.500. The van der Waals surface area contributed by atoms with Gasteiger partial charge in [-0.1, -0.05) is 12.8 Å². The highest BCUT2D eigenvalue weighted by molar-refractivity contribution is 5.84. The number of ether oxygens (including phenoxy) is 1. The van der Waals surface area contributed by atoms with Crippen LogP contribution in [0.4, 0.5) is 4.39 Å². The van der Waals surface area contributed by atoms with E-state index in [1.807, 2.05) is 0 Å². The number of halogens is 1. The molecule has 22 heavy (non-hydrogen) atoms. The van der Waals surface area contributed by atoms with E-state index in [0.29, 0.717) is 18.1 Å². The van der Waals surface area contributed by atoms with Crippen LogP contribution in [-0.2, 0) is 9.59 Å². The Bertz CT molecular complexity index is 513. The van der Waals surface area contributed by atoms with Gasteiger partial charge in [-0.3, -0.25) is 20.4 Å². The Labute approximate surface area is 129 Å². The van der Waals surface area contributed by atoms with Gasteiger partial charge in [-0.2, -0.15) is 0 Å². The van der Waals surface area contributed by atoms with Crippen LogP contribution in [-0.4, -0.2) is 17.9 Å². The zero-order valence-electron chi connectivity index (χ0n) is 12.6. The Morgan fingerprint density at radius 1 is 1.23 bits per heavy atom. The lowest BCUT2D eigenvalue weighted by molar-refractivity contribution is -0.133. The minimum Gasteiger partial charge on any atom is -0.481 e. The third kappa shape index (κ3) is 5.02. The van der Waals surface area contributed by atoms with Crippen molar-refractivity contribution in [3.05, 3.63) is 30.1 Å². The number of benzene rings is 1. The highest BCUT2D eigenvalue weighted by Gasteiger charge is 2.20. The number of hydrogen-bond donors (Lipinski definition) is 2. The molecule has 0 heterocycles. The number of carbonyl (C=O) groups is 2. The zero-order valence-corrected chi connectivity index (χ0v) is 12.6. The van der Waals surface area contributed by atoms with Crippen molar-refractivity contribution in [3.63, 3.8) is 0 Å². The topological polar surface area (TPSA) is 67.4 Å². The largest absolute Gasteiger partial charge is 0.481 e. The van der Waals surface area contributed by atoms with Gasteiger partial charge in [0.05, 0.1) is 0 Å². The first-order valence-electron chi connectivity index (χ1n) is 7.55. The standard InChI is InChI=1S/C16H21FN2O3/c1-11(22-14-8-6-13(17)7-9-14)16(21)19-18-15(20)10-12-4-2-3-5-12/h6-9,11-12H,2-5,10H2,1H3,(H,18,20)(H,19,21)/t11-/m1/s1. The van der Waals surface area contributed by atoms with E-state index in [9.17, 15) is 14.0 Å². The van der Waals surface area contributed by atoms with Crippen LogP contribution in [0.5, 0.6) is 5.75 Å². The lowest BCUT2D eigenvalue weighted by Crippen LogP contribution is -2.47. The Morgan fingerprint density at radius 3 is 2.50 bits per heavy atom. The summed E-state index contributed by atoms with van der Waals surface area (Å²) in [6, 6.07) is 5.39. The van der Waals surface area contributed by atoms with Gasteiger partial charge >= 0.3 is 0 Å². The molecule has 0 saturated heterocycles. The van der Waals surface area contributed by atoms with Crippen LogP contribution in [0.25, 0.3) is 0 Å². The molecule has 1 atom stereocenters. The van der Waals surface area contributed by atoms with Gasteiger partial charge < -0.3 is 4.74 Å². The molecule has 0 aromatic heterocycles. The highest BCUT2D eigenvalue weighted by atomic mass is 19.1. The molecule has 120 valence electrons. The van der Waals surface area contributed by atoms with Gasteiger partial charge in [-0.05, 0) is 49.9 Å². The maximum Gasteiger partial charge on any atom is 0.279 e. The Kier molecular flexibility index (Phi) is 5.75. The predicted octanol–water partition coefficient (Wildman–Crippen LogP) is 2.32. The molecule has 0 unspecified atom stereocenters. The molecule has 0 bridgehead atoms. The maximum atomic E-state index is 12.8. The monoisotopic (exact) mass is 308 g/mol. The number of rotatable bonds is 5. The zero-order chi connectivity index (χ0) is 15.9. The first kappa shape index (κ1) is 16.3. The average molecular weight is 308 g/mol. The smallest absolute Gasteiger partial charge is 0.279 e. The molecule has 0 radical (unpaired) electrons. The Balaban J connectivity index is 1.71. The van der Waals surface area contributed by atoms with E-state index in [1.165, 1.54) is 37.1 Å². The summed E-state index contributed by atoms with van der Waals surface area (Å²) in [6.07, 6.45) is 4.14. The maximum absolute atomic E-state index is 12.8. The van der Waals surface area contributed by atoms with Gasteiger partial charge in [0.25, 0.3) is 5.91 Å². The Hall–Kier alpha value is -2.11. The first-order chi connectivity index (χ1) is 10.5. The molecule has 1 fully saturated rings. The van der Waals surface area contributed by atoms with Crippen molar-refractivity contribution < 1.29 is 18.7 Å². The Morgan fingerprint density at radius 2 is 1.86 bits per heavy atom. The molecular weight excluding hydrogens is 287 g/mol. The summed E-state index contributed by atoms with van der Waals surface area (Å²) >= 11 is 0. The summed E-state index contributed by atoms with van der Waals surface area (Å²) in [5.74, 6) is -0.201. The van der Waals surface area contributed by atoms with Crippen LogP contribution in [0, 0.1) is 11.7 Å². The molecule has 6 heteroatoms. The lowest BCUT2D eigenvalue weighted by atomic mass is 10.0. The lowest BCUT2D eigenvalue weighted by Gasteiger charge is -2.16. The second kappa shape index (κ2) is 7.77. The molecule has 1 saturated carbocycles. The first-order valence-corrected chi connectivity index (χ1v) is 7.55. The van der Waals surface area contributed by atoms with E-state index in [1.54, 1.807) is 6.92 Å². The van der Waals surface area contributed by atoms with Gasteiger partial charge in [0.1, 0.15) is 11.6 Å². The van der Waals surface area contributed by atoms with Crippen molar-refractivity contribution in [2.75, 3.05) is 0 Å². The van der Waals surface area contributed by atoms with E-state index in [-0.39, 0.29) is 11.7 Å². The average Bonchev–Trinajstić information content (AvgIpc) is 3.00. The van der Waals surface area contributed by atoms with Crippen LogP contribution in [0.1, 0.15) is 39.0 Å². The molecule has 1 aromatic carbocycles. The minimum absolute atomic E-state index is 0.186. The van der Waals surface area contributed by atoms with Crippen LogP contribution in [0.3, 0.4) is 0 Å². The molecule has 5 nitrogen and oxygen atoms in total. The second-order valence-electron chi connectivity index (χ2n) is 5.61. The van der Waals surface area contributed by atoms with Gasteiger partial charge in [-0.25, -0.2) is 4.39 Å². The van der Waals surface area contributed by atoms with Crippen LogP contribution in [0.15, 0.2) is 24.3 Å². The third-order valence-electron chi connectivity index (χ3n) is 3.77. The molecule has 0 spiro atoms. The van der Waals surface area contributed by atoms with Crippen molar-refractivity contribution in [2.45, 2.75) is 45.1 Å². The van der Waals surface area contributed by atoms with Crippen LogP contribution in [0.2, 0.25) is 0 Å². The number of nitrogens with one attached hydrogen (secondary N) is 2. The number of carbonyl (C=O) groups excluding carboxylic acids is 2. The van der Waals surface area contributed by atoms with E-state index in [4.69, 9.17) is 4.74 Å². The van der Waals surface area contributed by atoms with E-state index in [0.717, 1.165) is 12.8 Å². The molecule has 2 N–H and O–H groups in total. The van der Waals surface area contributed by atoms with Gasteiger partial charge in [0, 0.05) is 6.42 Å². The number of amides is 2.